The fraction of sp³-hybridized carbons (Fsp3) is 0.588. The average Bonchev–Trinajstić information content (AvgIpc) is 2.42. The van der Waals surface area contributed by atoms with Crippen LogP contribution in [0.2, 0.25) is 0 Å². The van der Waals surface area contributed by atoms with E-state index in [1.54, 1.807) is 0 Å². The van der Waals surface area contributed by atoms with Gasteiger partial charge < -0.3 is 11.1 Å². The van der Waals surface area contributed by atoms with E-state index in [0.717, 1.165) is 24.2 Å². The Hall–Kier alpha value is -1.55. The number of nitrogens with one attached hydrogen (secondary N) is 1. The molecule has 0 fully saturated rings. The second-order valence-corrected chi connectivity index (χ2v) is 5.89. The lowest BCUT2D eigenvalue weighted by Crippen LogP contribution is -2.38. The van der Waals surface area contributed by atoms with Crippen molar-refractivity contribution in [3.63, 3.8) is 0 Å². The van der Waals surface area contributed by atoms with Gasteiger partial charge in [0.25, 0.3) is 0 Å². The minimum atomic E-state index is 0.0221. The number of anilines is 2. The second-order valence-electron chi connectivity index (χ2n) is 5.89. The Balaban J connectivity index is 2.59. The molecule has 1 aromatic carbocycles. The number of hydrogen-bond acceptors (Lipinski definition) is 3. The quantitative estimate of drug-likeness (QED) is 0.570. The topological polar surface area (TPSA) is 58.4 Å². The van der Waals surface area contributed by atoms with Crippen LogP contribution < -0.4 is 11.1 Å². The predicted molar refractivity (Wildman–Crippen MR) is 90.5 cm³/mol. The summed E-state index contributed by atoms with van der Waals surface area (Å²) in [6, 6.07) is 5.95. The lowest BCUT2D eigenvalue weighted by Gasteiger charge is -2.26. The molecule has 4 nitrogen and oxygen atoms in total. The number of carbonyl (C=O) groups is 1. The molecule has 118 valence electrons. The van der Waals surface area contributed by atoms with Crippen molar-refractivity contribution in [3.8, 4) is 0 Å². The van der Waals surface area contributed by atoms with Crippen LogP contribution >= 0.6 is 0 Å². The Labute approximate surface area is 128 Å². The smallest absolute Gasteiger partial charge is 0.238 e. The first kappa shape index (κ1) is 17.5. The SMILES string of the molecule is CCCCCN(CC(=O)Nc1cc(N)ccc1C)C(C)C. The molecular formula is C17H29N3O. The zero-order valence-electron chi connectivity index (χ0n) is 13.8. The van der Waals surface area contributed by atoms with Gasteiger partial charge in [0.2, 0.25) is 5.91 Å². The maximum atomic E-state index is 12.2. The Kier molecular flexibility index (Phi) is 7.23. The van der Waals surface area contributed by atoms with E-state index in [0.29, 0.717) is 18.3 Å². The molecule has 0 spiro atoms. The minimum absolute atomic E-state index is 0.0221. The molecule has 1 amide bonds. The Morgan fingerprint density at radius 2 is 2.05 bits per heavy atom. The molecule has 0 unspecified atom stereocenters. The molecule has 1 aromatic rings. The van der Waals surface area contributed by atoms with E-state index in [1.807, 2.05) is 25.1 Å². The third-order valence-electron chi connectivity index (χ3n) is 3.66. The van der Waals surface area contributed by atoms with Crippen molar-refractivity contribution >= 4 is 17.3 Å². The largest absolute Gasteiger partial charge is 0.399 e. The van der Waals surface area contributed by atoms with Crippen molar-refractivity contribution in [3.05, 3.63) is 23.8 Å². The molecule has 3 N–H and O–H groups in total. The molecule has 0 saturated heterocycles. The molecule has 4 heteroatoms. The number of amides is 1. The molecule has 21 heavy (non-hydrogen) atoms. The van der Waals surface area contributed by atoms with Gasteiger partial charge in [-0.05, 0) is 51.4 Å². The summed E-state index contributed by atoms with van der Waals surface area (Å²) in [7, 11) is 0. The van der Waals surface area contributed by atoms with E-state index in [1.165, 1.54) is 12.8 Å². The molecule has 0 atom stereocenters. The normalized spacial score (nSPS) is 11.1. The number of benzene rings is 1. The zero-order valence-corrected chi connectivity index (χ0v) is 13.8. The van der Waals surface area contributed by atoms with Crippen molar-refractivity contribution in [2.45, 2.75) is 53.0 Å². The van der Waals surface area contributed by atoms with Crippen molar-refractivity contribution in [2.75, 3.05) is 24.1 Å². The third-order valence-corrected chi connectivity index (χ3v) is 3.66. The number of hydrogen-bond donors (Lipinski definition) is 2. The highest BCUT2D eigenvalue weighted by molar-refractivity contribution is 5.93. The monoisotopic (exact) mass is 291 g/mol. The summed E-state index contributed by atoms with van der Waals surface area (Å²) in [5.41, 5.74) is 8.27. The van der Waals surface area contributed by atoms with Gasteiger partial charge in [-0.2, -0.15) is 0 Å². The Morgan fingerprint density at radius 1 is 1.33 bits per heavy atom. The van der Waals surface area contributed by atoms with Gasteiger partial charge in [0.15, 0.2) is 0 Å². The maximum Gasteiger partial charge on any atom is 0.238 e. The highest BCUT2D eigenvalue weighted by Gasteiger charge is 2.14. The Bertz CT molecular complexity index is 457. The van der Waals surface area contributed by atoms with Crippen molar-refractivity contribution in [2.24, 2.45) is 0 Å². The van der Waals surface area contributed by atoms with E-state index in [-0.39, 0.29) is 5.91 Å². The van der Waals surface area contributed by atoms with Crippen LogP contribution in [0.5, 0.6) is 0 Å². The van der Waals surface area contributed by atoms with Gasteiger partial charge in [-0.25, -0.2) is 0 Å². The van der Waals surface area contributed by atoms with Crippen molar-refractivity contribution in [1.29, 1.82) is 0 Å². The summed E-state index contributed by atoms with van der Waals surface area (Å²) >= 11 is 0. The van der Waals surface area contributed by atoms with E-state index in [2.05, 4.69) is 31.0 Å². The minimum Gasteiger partial charge on any atom is -0.399 e. The van der Waals surface area contributed by atoms with Crippen LogP contribution in [-0.2, 0) is 4.79 Å². The fourth-order valence-corrected chi connectivity index (χ4v) is 2.23. The molecule has 0 aliphatic rings. The van der Waals surface area contributed by atoms with Crippen LogP contribution in [0.25, 0.3) is 0 Å². The summed E-state index contributed by atoms with van der Waals surface area (Å²) in [6.45, 7) is 9.81. The van der Waals surface area contributed by atoms with Crippen LogP contribution in [0.1, 0.15) is 45.6 Å². The zero-order chi connectivity index (χ0) is 15.8. The molecular weight excluding hydrogens is 262 g/mol. The molecule has 0 bridgehead atoms. The summed E-state index contributed by atoms with van der Waals surface area (Å²) in [5, 5.41) is 2.97. The van der Waals surface area contributed by atoms with Crippen LogP contribution in [0.3, 0.4) is 0 Å². The lowest BCUT2D eigenvalue weighted by molar-refractivity contribution is -0.117. The van der Waals surface area contributed by atoms with Gasteiger partial charge in [-0.15, -0.1) is 0 Å². The van der Waals surface area contributed by atoms with Gasteiger partial charge >= 0.3 is 0 Å². The average molecular weight is 291 g/mol. The summed E-state index contributed by atoms with van der Waals surface area (Å²) in [6.07, 6.45) is 3.54. The number of nitrogens with zero attached hydrogens (tertiary/aromatic N) is 1. The highest BCUT2D eigenvalue weighted by Crippen LogP contribution is 2.18. The maximum absolute atomic E-state index is 12.2. The molecule has 1 rings (SSSR count). The molecule has 0 aromatic heterocycles. The van der Waals surface area contributed by atoms with Crippen LogP contribution in [-0.4, -0.2) is 29.9 Å². The predicted octanol–water partition coefficient (Wildman–Crippen LogP) is 3.42. The number of carbonyl (C=O) groups excluding carboxylic acids is 1. The number of aryl methyl sites for hydroxylation is 1. The van der Waals surface area contributed by atoms with E-state index in [9.17, 15) is 4.79 Å². The Morgan fingerprint density at radius 3 is 2.67 bits per heavy atom. The number of unbranched alkanes of at least 4 members (excludes halogenated alkanes) is 2. The lowest BCUT2D eigenvalue weighted by atomic mass is 10.2. The summed E-state index contributed by atoms with van der Waals surface area (Å²) < 4.78 is 0. The number of nitrogens with two attached hydrogens (primary N) is 1. The number of nitrogen functional groups attached to an aromatic ring is 1. The van der Waals surface area contributed by atoms with E-state index < -0.39 is 0 Å². The summed E-state index contributed by atoms with van der Waals surface area (Å²) in [5.74, 6) is 0.0221. The molecule has 0 saturated carbocycles. The van der Waals surface area contributed by atoms with Gasteiger partial charge in [-0.1, -0.05) is 25.8 Å². The van der Waals surface area contributed by atoms with Gasteiger partial charge in [0.05, 0.1) is 6.54 Å². The van der Waals surface area contributed by atoms with Crippen molar-refractivity contribution in [1.82, 2.24) is 4.90 Å². The van der Waals surface area contributed by atoms with Crippen LogP contribution in [0.4, 0.5) is 11.4 Å². The molecule has 0 aliphatic carbocycles. The second kappa shape index (κ2) is 8.67. The standard InChI is InChI=1S/C17H29N3O/c1-5-6-7-10-20(13(2)3)12-17(21)19-16-11-15(18)9-8-14(16)4/h8-9,11,13H,5-7,10,12,18H2,1-4H3,(H,19,21). The first-order chi connectivity index (χ1) is 9.93. The number of rotatable bonds is 8. The summed E-state index contributed by atoms with van der Waals surface area (Å²) in [4.78, 5) is 14.4. The van der Waals surface area contributed by atoms with E-state index >= 15 is 0 Å². The first-order valence-corrected chi connectivity index (χ1v) is 7.84. The van der Waals surface area contributed by atoms with E-state index in [4.69, 9.17) is 5.73 Å². The highest BCUT2D eigenvalue weighted by atomic mass is 16.2. The molecule has 0 aliphatic heterocycles. The van der Waals surface area contributed by atoms with Crippen LogP contribution in [0, 0.1) is 6.92 Å². The van der Waals surface area contributed by atoms with Gasteiger partial charge in [-0.3, -0.25) is 9.69 Å². The van der Waals surface area contributed by atoms with Crippen molar-refractivity contribution < 1.29 is 4.79 Å². The van der Waals surface area contributed by atoms with Crippen LogP contribution in [0.15, 0.2) is 18.2 Å². The molecule has 0 heterocycles. The first-order valence-electron chi connectivity index (χ1n) is 7.84. The molecule has 0 radical (unpaired) electrons. The third kappa shape index (κ3) is 6.17. The van der Waals surface area contributed by atoms with Gasteiger partial charge in [0, 0.05) is 17.4 Å². The fourth-order valence-electron chi connectivity index (χ4n) is 2.23. The van der Waals surface area contributed by atoms with Gasteiger partial charge in [0.1, 0.15) is 0 Å².